The van der Waals surface area contributed by atoms with Gasteiger partial charge in [-0.3, -0.25) is 14.4 Å². The van der Waals surface area contributed by atoms with Crippen LogP contribution < -0.4 is 11.2 Å². The van der Waals surface area contributed by atoms with Crippen LogP contribution in [-0.4, -0.2) is 34.2 Å². The number of hydroxylamine groups is 1. The van der Waals surface area contributed by atoms with Crippen molar-refractivity contribution in [3.63, 3.8) is 0 Å². The minimum absolute atomic E-state index is 0.222. The Morgan fingerprint density at radius 1 is 1.14 bits per heavy atom. The molecule has 1 rings (SSSR count). The fraction of sp³-hybridized carbons (Fsp3) is 0.429. The molecule has 116 valence electrons. The van der Waals surface area contributed by atoms with Crippen molar-refractivity contribution in [2.45, 2.75) is 38.0 Å². The lowest BCUT2D eigenvalue weighted by Gasteiger charge is -2.15. The molecule has 0 bridgehead atoms. The van der Waals surface area contributed by atoms with Gasteiger partial charge in [0.15, 0.2) is 0 Å². The van der Waals surface area contributed by atoms with Crippen LogP contribution in [0.3, 0.4) is 0 Å². The van der Waals surface area contributed by atoms with E-state index in [1.807, 2.05) is 30.3 Å². The second kappa shape index (κ2) is 9.06. The van der Waals surface area contributed by atoms with Gasteiger partial charge in [-0.15, -0.1) is 0 Å². The van der Waals surface area contributed by atoms with Crippen molar-refractivity contribution in [3.05, 3.63) is 35.9 Å². The minimum Gasteiger partial charge on any atom is -0.480 e. The van der Waals surface area contributed by atoms with E-state index in [1.165, 1.54) is 0 Å². The highest BCUT2D eigenvalue weighted by atomic mass is 16.6. The summed E-state index contributed by atoms with van der Waals surface area (Å²) >= 11 is 0. The molecule has 1 aromatic carbocycles. The van der Waals surface area contributed by atoms with Gasteiger partial charge in [0.25, 0.3) is 0 Å². The van der Waals surface area contributed by atoms with Crippen LogP contribution >= 0.6 is 0 Å². The number of carboxylic acids is 2. The summed E-state index contributed by atoms with van der Waals surface area (Å²) in [6, 6.07) is 7.47. The number of benzene rings is 1. The quantitative estimate of drug-likeness (QED) is 0.470. The van der Waals surface area contributed by atoms with E-state index in [-0.39, 0.29) is 19.4 Å². The smallest absolute Gasteiger partial charge is 0.323 e. The molecule has 1 aromatic rings. The van der Waals surface area contributed by atoms with Gasteiger partial charge in [-0.2, -0.15) is 5.48 Å². The third kappa shape index (κ3) is 6.84. The molecule has 0 saturated carbocycles. The first-order valence-electron chi connectivity index (χ1n) is 6.63. The van der Waals surface area contributed by atoms with Crippen molar-refractivity contribution in [3.8, 4) is 0 Å². The lowest BCUT2D eigenvalue weighted by molar-refractivity contribution is -0.145. The lowest BCUT2D eigenvalue weighted by atomic mass is 10.1. The van der Waals surface area contributed by atoms with E-state index in [0.29, 0.717) is 6.42 Å². The molecule has 0 radical (unpaired) electrons. The van der Waals surface area contributed by atoms with Gasteiger partial charge in [0.2, 0.25) is 0 Å². The fourth-order valence-corrected chi connectivity index (χ4v) is 1.70. The average molecular weight is 296 g/mol. The number of rotatable bonds is 10. The molecule has 0 amide bonds. The van der Waals surface area contributed by atoms with Crippen LogP contribution in [-0.2, 0) is 21.0 Å². The van der Waals surface area contributed by atoms with Crippen LogP contribution in [0.5, 0.6) is 0 Å². The Kier molecular flexibility index (Phi) is 7.38. The highest BCUT2D eigenvalue weighted by Gasteiger charge is 2.19. The van der Waals surface area contributed by atoms with Crippen molar-refractivity contribution in [1.29, 1.82) is 0 Å². The van der Waals surface area contributed by atoms with Gasteiger partial charge in [0.05, 0.1) is 6.61 Å². The molecule has 0 fully saturated rings. The molecule has 0 aliphatic heterocycles. The summed E-state index contributed by atoms with van der Waals surface area (Å²) in [6.45, 7) is 0.249. The number of carboxylic acid groups (broad SMARTS) is 2. The summed E-state index contributed by atoms with van der Waals surface area (Å²) in [5.74, 6) is -2.14. The molecule has 21 heavy (non-hydrogen) atoms. The van der Waals surface area contributed by atoms with Crippen molar-refractivity contribution in [1.82, 2.24) is 5.48 Å². The molecule has 0 spiro atoms. The zero-order valence-corrected chi connectivity index (χ0v) is 11.6. The van der Waals surface area contributed by atoms with E-state index >= 15 is 0 Å². The topological polar surface area (TPSA) is 122 Å². The van der Waals surface area contributed by atoms with Crippen LogP contribution in [0.2, 0.25) is 0 Å². The van der Waals surface area contributed by atoms with E-state index in [0.717, 1.165) is 5.56 Å². The van der Waals surface area contributed by atoms with Crippen LogP contribution in [0.15, 0.2) is 30.3 Å². The molecule has 2 atom stereocenters. The summed E-state index contributed by atoms with van der Waals surface area (Å²) in [5.41, 5.74) is 8.76. The number of nitrogens with two attached hydrogens (primary N) is 1. The monoisotopic (exact) mass is 296 g/mol. The van der Waals surface area contributed by atoms with E-state index < -0.39 is 24.0 Å². The molecule has 0 saturated heterocycles. The van der Waals surface area contributed by atoms with E-state index in [4.69, 9.17) is 20.8 Å². The number of aliphatic carboxylic acids is 2. The maximum Gasteiger partial charge on any atom is 0.323 e. The predicted molar refractivity (Wildman–Crippen MR) is 75.3 cm³/mol. The third-order valence-corrected chi connectivity index (χ3v) is 2.93. The molecule has 0 aliphatic carbocycles. The first kappa shape index (κ1) is 17.1. The van der Waals surface area contributed by atoms with Crippen LogP contribution in [0.4, 0.5) is 0 Å². The highest BCUT2D eigenvalue weighted by molar-refractivity contribution is 5.73. The van der Waals surface area contributed by atoms with Gasteiger partial charge in [-0.05, 0) is 24.8 Å². The van der Waals surface area contributed by atoms with Gasteiger partial charge in [-0.25, -0.2) is 0 Å². The first-order chi connectivity index (χ1) is 10.0. The predicted octanol–water partition coefficient (Wildman–Crippen LogP) is 0.743. The number of carbonyl (C=O) groups is 2. The summed E-state index contributed by atoms with van der Waals surface area (Å²) in [6.07, 6.45) is 0.844. The Morgan fingerprint density at radius 3 is 2.38 bits per heavy atom. The number of hydrogen-bond donors (Lipinski definition) is 4. The standard InChI is InChI=1S/C14H20N2O5/c15-11(13(17)18)7-4-8-12(14(19)20)16-21-9-10-5-2-1-3-6-10/h1-3,5-6,11-12,16H,4,7-9,15H2,(H,17,18)(H,19,20). The third-order valence-electron chi connectivity index (χ3n) is 2.93. The zero-order valence-electron chi connectivity index (χ0n) is 11.6. The number of nitrogens with one attached hydrogen (secondary N) is 1. The molecule has 0 aromatic heterocycles. The summed E-state index contributed by atoms with van der Waals surface area (Å²) in [4.78, 5) is 26.8. The summed E-state index contributed by atoms with van der Waals surface area (Å²) < 4.78 is 0. The Labute approximate surface area is 122 Å². The van der Waals surface area contributed by atoms with E-state index in [1.54, 1.807) is 0 Å². The Hall–Kier alpha value is -1.96. The first-order valence-corrected chi connectivity index (χ1v) is 6.63. The second-order valence-electron chi connectivity index (χ2n) is 4.66. The molecule has 0 aliphatic rings. The summed E-state index contributed by atoms with van der Waals surface area (Å²) in [5, 5.41) is 17.7. The maximum atomic E-state index is 11.1. The maximum absolute atomic E-state index is 11.1. The van der Waals surface area contributed by atoms with Crippen molar-refractivity contribution < 1.29 is 24.6 Å². The second-order valence-corrected chi connectivity index (χ2v) is 4.66. The Morgan fingerprint density at radius 2 is 1.81 bits per heavy atom. The number of hydrogen-bond acceptors (Lipinski definition) is 5. The van der Waals surface area contributed by atoms with E-state index in [9.17, 15) is 9.59 Å². The van der Waals surface area contributed by atoms with Crippen LogP contribution in [0.25, 0.3) is 0 Å². The fourth-order valence-electron chi connectivity index (χ4n) is 1.70. The molecular weight excluding hydrogens is 276 g/mol. The van der Waals surface area contributed by atoms with Gasteiger partial charge >= 0.3 is 11.9 Å². The van der Waals surface area contributed by atoms with Crippen molar-refractivity contribution in [2.24, 2.45) is 5.73 Å². The van der Waals surface area contributed by atoms with Gasteiger partial charge in [0.1, 0.15) is 12.1 Å². The Bertz CT molecular complexity index is 452. The normalized spacial score (nSPS) is 13.6. The van der Waals surface area contributed by atoms with Crippen molar-refractivity contribution >= 4 is 11.9 Å². The Balaban J connectivity index is 2.30. The van der Waals surface area contributed by atoms with Gasteiger partial charge < -0.3 is 15.9 Å². The largest absolute Gasteiger partial charge is 0.480 e. The molecule has 7 nitrogen and oxygen atoms in total. The highest BCUT2D eigenvalue weighted by Crippen LogP contribution is 2.05. The molecule has 7 heteroatoms. The van der Waals surface area contributed by atoms with Gasteiger partial charge in [-0.1, -0.05) is 30.3 Å². The zero-order chi connectivity index (χ0) is 15.7. The average Bonchev–Trinajstić information content (AvgIpc) is 2.46. The van der Waals surface area contributed by atoms with Crippen LogP contribution in [0, 0.1) is 0 Å². The van der Waals surface area contributed by atoms with E-state index in [2.05, 4.69) is 5.48 Å². The SMILES string of the molecule is NC(CCCC(NOCc1ccccc1)C(=O)O)C(=O)O. The molecule has 5 N–H and O–H groups in total. The van der Waals surface area contributed by atoms with Gasteiger partial charge in [0, 0.05) is 0 Å². The lowest BCUT2D eigenvalue weighted by Crippen LogP contribution is -2.37. The molecule has 0 heterocycles. The van der Waals surface area contributed by atoms with Crippen molar-refractivity contribution in [2.75, 3.05) is 0 Å². The summed E-state index contributed by atoms with van der Waals surface area (Å²) in [7, 11) is 0. The minimum atomic E-state index is -1.09. The molecular formula is C14H20N2O5. The molecule has 2 unspecified atom stereocenters. The van der Waals surface area contributed by atoms with Crippen LogP contribution in [0.1, 0.15) is 24.8 Å².